The van der Waals surface area contributed by atoms with Crippen molar-refractivity contribution in [3.05, 3.63) is 46.3 Å². The number of carbonyl (C=O) groups is 3. The van der Waals surface area contributed by atoms with E-state index in [2.05, 4.69) is 4.98 Å². The number of nitrogens with zero attached hydrogens (tertiary/aromatic N) is 3. The van der Waals surface area contributed by atoms with E-state index in [0.29, 0.717) is 5.56 Å². The van der Waals surface area contributed by atoms with E-state index in [1.807, 2.05) is 6.07 Å². The molecule has 1 atom stereocenters. The number of primary amides is 1. The highest BCUT2D eigenvalue weighted by Crippen LogP contribution is 2.34. The van der Waals surface area contributed by atoms with Crippen LogP contribution in [0.1, 0.15) is 39.9 Å². The van der Waals surface area contributed by atoms with E-state index >= 15 is 4.39 Å². The highest BCUT2D eigenvalue weighted by Gasteiger charge is 2.37. The zero-order valence-corrected chi connectivity index (χ0v) is 16.0. The SMILES string of the molecule is Cc1cc(-c2ccc3c(c2F)CN([C@@H](CCC(=O)O)C(N)=O)C3=O)nc(N)c1C#N. The second-order valence-electron chi connectivity index (χ2n) is 6.93. The van der Waals surface area contributed by atoms with Gasteiger partial charge in [0, 0.05) is 23.1 Å². The number of aliphatic carboxylic acids is 1. The fourth-order valence-electron chi connectivity index (χ4n) is 3.52. The lowest BCUT2D eigenvalue weighted by atomic mass is 10.0. The summed E-state index contributed by atoms with van der Waals surface area (Å²) < 4.78 is 15.3. The molecule has 10 heteroatoms. The van der Waals surface area contributed by atoms with Gasteiger partial charge in [-0.05, 0) is 37.1 Å². The van der Waals surface area contributed by atoms with Gasteiger partial charge in [-0.15, -0.1) is 0 Å². The van der Waals surface area contributed by atoms with Gasteiger partial charge in [0.15, 0.2) is 0 Å². The van der Waals surface area contributed by atoms with E-state index in [1.165, 1.54) is 18.2 Å². The minimum atomic E-state index is -1.17. The van der Waals surface area contributed by atoms with Gasteiger partial charge in [0.2, 0.25) is 5.91 Å². The number of nitriles is 1. The van der Waals surface area contributed by atoms with Crippen molar-refractivity contribution in [3.8, 4) is 17.3 Å². The number of aryl methyl sites for hydroxylation is 1. The normalized spacial score (nSPS) is 13.6. The summed E-state index contributed by atoms with van der Waals surface area (Å²) in [6.07, 6.45) is -0.541. The first-order chi connectivity index (χ1) is 14.1. The third-order valence-corrected chi connectivity index (χ3v) is 5.03. The minimum absolute atomic E-state index is 0.0347. The predicted octanol–water partition coefficient (Wildman–Crippen LogP) is 1.32. The first kappa shape index (κ1) is 20.7. The number of amides is 2. The van der Waals surface area contributed by atoms with Crippen LogP contribution in [0, 0.1) is 24.1 Å². The Morgan fingerprint density at radius 1 is 1.40 bits per heavy atom. The molecule has 2 aromatic rings. The Balaban J connectivity index is 2.00. The zero-order valence-electron chi connectivity index (χ0n) is 16.0. The molecular weight excluding hydrogens is 393 g/mol. The number of aromatic nitrogens is 1. The van der Waals surface area contributed by atoms with E-state index in [-0.39, 0.29) is 53.2 Å². The number of carboxylic acids is 1. The summed E-state index contributed by atoms with van der Waals surface area (Å²) in [7, 11) is 0. The zero-order chi connectivity index (χ0) is 22.2. The van der Waals surface area contributed by atoms with Gasteiger partial charge in [-0.3, -0.25) is 14.4 Å². The molecule has 154 valence electrons. The quantitative estimate of drug-likeness (QED) is 0.645. The van der Waals surface area contributed by atoms with Gasteiger partial charge in [0.05, 0.1) is 17.8 Å². The van der Waals surface area contributed by atoms with Crippen LogP contribution in [0.2, 0.25) is 0 Å². The Hall–Kier alpha value is -4.00. The summed E-state index contributed by atoms with van der Waals surface area (Å²) in [6.45, 7) is 1.42. The maximum absolute atomic E-state index is 15.3. The molecule has 0 spiro atoms. The molecule has 2 amide bonds. The number of benzene rings is 1. The molecule has 0 unspecified atom stereocenters. The molecule has 1 aliphatic heterocycles. The number of nitrogen functional groups attached to an aromatic ring is 1. The van der Waals surface area contributed by atoms with E-state index in [9.17, 15) is 14.4 Å². The lowest BCUT2D eigenvalue weighted by molar-refractivity contribution is -0.137. The topological polar surface area (TPSA) is 163 Å². The van der Waals surface area contributed by atoms with Crippen LogP contribution < -0.4 is 11.5 Å². The van der Waals surface area contributed by atoms with E-state index in [0.717, 1.165) is 4.90 Å². The Morgan fingerprint density at radius 2 is 2.07 bits per heavy atom. The summed E-state index contributed by atoms with van der Waals surface area (Å²) >= 11 is 0. The smallest absolute Gasteiger partial charge is 0.303 e. The largest absolute Gasteiger partial charge is 0.481 e. The average molecular weight is 411 g/mol. The number of halogens is 1. The molecule has 3 rings (SSSR count). The van der Waals surface area contributed by atoms with Gasteiger partial charge in [-0.2, -0.15) is 5.26 Å². The molecule has 0 saturated heterocycles. The monoisotopic (exact) mass is 411 g/mol. The van der Waals surface area contributed by atoms with Gasteiger partial charge in [0.25, 0.3) is 5.91 Å². The highest BCUT2D eigenvalue weighted by molar-refractivity contribution is 6.01. The van der Waals surface area contributed by atoms with E-state index < -0.39 is 29.6 Å². The van der Waals surface area contributed by atoms with Crippen LogP contribution in [-0.4, -0.2) is 38.8 Å². The molecule has 2 heterocycles. The second-order valence-corrected chi connectivity index (χ2v) is 6.93. The summed E-state index contributed by atoms with van der Waals surface area (Å²) in [5.41, 5.74) is 12.3. The number of carboxylic acid groups (broad SMARTS) is 1. The van der Waals surface area contributed by atoms with Crippen molar-refractivity contribution in [3.63, 3.8) is 0 Å². The van der Waals surface area contributed by atoms with Crippen molar-refractivity contribution in [1.29, 1.82) is 5.26 Å². The number of pyridine rings is 1. The molecule has 1 aliphatic rings. The predicted molar refractivity (Wildman–Crippen MR) is 103 cm³/mol. The number of anilines is 1. The van der Waals surface area contributed by atoms with Crippen molar-refractivity contribution in [2.75, 3.05) is 5.73 Å². The first-order valence-electron chi connectivity index (χ1n) is 8.96. The molecule has 1 aromatic heterocycles. The molecule has 9 nitrogen and oxygen atoms in total. The fourth-order valence-corrected chi connectivity index (χ4v) is 3.52. The Morgan fingerprint density at radius 3 is 2.63 bits per heavy atom. The lowest BCUT2D eigenvalue weighted by Crippen LogP contribution is -2.45. The summed E-state index contributed by atoms with van der Waals surface area (Å²) in [5, 5.41) is 18.0. The number of hydrogen-bond acceptors (Lipinski definition) is 6. The van der Waals surface area contributed by atoms with E-state index in [1.54, 1.807) is 6.92 Å². The Labute approximate surface area is 170 Å². The molecule has 5 N–H and O–H groups in total. The summed E-state index contributed by atoms with van der Waals surface area (Å²) in [4.78, 5) is 40.5. The number of carbonyl (C=O) groups excluding carboxylic acids is 2. The molecule has 0 saturated carbocycles. The van der Waals surface area contributed by atoms with Crippen LogP contribution in [0.5, 0.6) is 0 Å². The lowest BCUT2D eigenvalue weighted by Gasteiger charge is -2.24. The van der Waals surface area contributed by atoms with Crippen molar-refractivity contribution in [1.82, 2.24) is 9.88 Å². The molecule has 0 aliphatic carbocycles. The Bertz CT molecular complexity index is 1100. The number of hydrogen-bond donors (Lipinski definition) is 3. The van der Waals surface area contributed by atoms with Crippen LogP contribution in [0.4, 0.5) is 10.2 Å². The van der Waals surface area contributed by atoms with Crippen LogP contribution in [0.15, 0.2) is 18.2 Å². The van der Waals surface area contributed by atoms with Crippen LogP contribution in [0.3, 0.4) is 0 Å². The average Bonchev–Trinajstić information content (AvgIpc) is 2.99. The third-order valence-electron chi connectivity index (χ3n) is 5.03. The molecular formula is C20H18FN5O4. The van der Waals surface area contributed by atoms with Crippen molar-refractivity contribution < 1.29 is 23.9 Å². The fraction of sp³-hybridized carbons (Fsp3) is 0.250. The Kier molecular flexibility index (Phi) is 5.38. The number of nitrogens with two attached hydrogens (primary N) is 2. The van der Waals surface area contributed by atoms with E-state index in [4.69, 9.17) is 21.8 Å². The van der Waals surface area contributed by atoms with Gasteiger partial charge >= 0.3 is 5.97 Å². The molecule has 0 fully saturated rings. The van der Waals surface area contributed by atoms with Crippen molar-refractivity contribution in [2.45, 2.75) is 32.4 Å². The molecule has 30 heavy (non-hydrogen) atoms. The standard InChI is InChI=1S/C20H18FN5O4/c1-9-6-14(25-18(23)12(9)7-22)11-3-2-10-13(17(11)21)8-26(20(10)30)15(19(24)29)4-5-16(27)28/h2-3,6,15H,4-5,8H2,1H3,(H2,23,25)(H2,24,29)(H,27,28)/t15-/m0/s1. The summed E-state index contributed by atoms with van der Waals surface area (Å²) in [5.74, 6) is -3.35. The highest BCUT2D eigenvalue weighted by atomic mass is 19.1. The molecule has 0 bridgehead atoms. The van der Waals surface area contributed by atoms with Gasteiger partial charge in [-0.1, -0.05) is 0 Å². The second kappa shape index (κ2) is 7.79. The van der Waals surface area contributed by atoms with Gasteiger partial charge < -0.3 is 21.5 Å². The maximum atomic E-state index is 15.3. The van der Waals surface area contributed by atoms with Crippen molar-refractivity contribution >= 4 is 23.6 Å². The third kappa shape index (κ3) is 3.53. The van der Waals surface area contributed by atoms with Crippen LogP contribution in [-0.2, 0) is 16.1 Å². The maximum Gasteiger partial charge on any atom is 0.303 e. The van der Waals surface area contributed by atoms with Gasteiger partial charge in [0.1, 0.15) is 23.7 Å². The van der Waals surface area contributed by atoms with Crippen LogP contribution >= 0.6 is 0 Å². The molecule has 0 radical (unpaired) electrons. The molecule has 1 aromatic carbocycles. The summed E-state index contributed by atoms with van der Waals surface area (Å²) in [6, 6.07) is 5.07. The number of fused-ring (bicyclic) bond motifs is 1. The van der Waals surface area contributed by atoms with Crippen molar-refractivity contribution in [2.24, 2.45) is 5.73 Å². The van der Waals surface area contributed by atoms with Crippen LogP contribution in [0.25, 0.3) is 11.3 Å². The first-order valence-corrected chi connectivity index (χ1v) is 8.96. The minimum Gasteiger partial charge on any atom is -0.481 e. The van der Waals surface area contributed by atoms with Gasteiger partial charge in [-0.25, -0.2) is 9.37 Å². The number of rotatable bonds is 6.